The molecule has 0 aliphatic carbocycles. The number of hydrogen-bond acceptors (Lipinski definition) is 6. The fourth-order valence-corrected chi connectivity index (χ4v) is 2.61. The van der Waals surface area contributed by atoms with Gasteiger partial charge in [-0.15, -0.1) is 0 Å². The number of rotatable bonds is 6. The van der Waals surface area contributed by atoms with Crippen LogP contribution in [0.2, 0.25) is 5.02 Å². The molecule has 2 N–H and O–H groups in total. The number of ether oxygens (including phenoxy) is 1. The molecule has 0 fully saturated rings. The number of halogens is 1. The third-order valence-electron chi connectivity index (χ3n) is 3.80. The van der Waals surface area contributed by atoms with Crippen molar-refractivity contribution in [1.29, 1.82) is 0 Å². The fourth-order valence-electron chi connectivity index (χ4n) is 2.46. The predicted molar refractivity (Wildman–Crippen MR) is 104 cm³/mol. The highest BCUT2D eigenvalue weighted by Gasteiger charge is 2.10. The van der Waals surface area contributed by atoms with Gasteiger partial charge in [-0.25, -0.2) is 4.98 Å². The van der Waals surface area contributed by atoms with Gasteiger partial charge in [-0.3, -0.25) is 4.98 Å². The molecule has 2 aromatic heterocycles. The molecule has 7 heteroatoms. The molecule has 0 bridgehead atoms. The molecule has 0 aliphatic rings. The zero-order valence-electron chi connectivity index (χ0n) is 14.9. The summed E-state index contributed by atoms with van der Waals surface area (Å²) >= 11 is 6.16. The lowest BCUT2D eigenvalue weighted by Gasteiger charge is -2.13. The Morgan fingerprint density at radius 3 is 2.58 bits per heavy atom. The number of hydrogen-bond donors (Lipinski definition) is 2. The van der Waals surface area contributed by atoms with Crippen LogP contribution in [-0.4, -0.2) is 22.1 Å². The molecule has 0 amide bonds. The van der Waals surface area contributed by atoms with Gasteiger partial charge in [-0.1, -0.05) is 11.6 Å². The third-order valence-corrected chi connectivity index (χ3v) is 4.21. The molecule has 6 nitrogen and oxygen atoms in total. The summed E-state index contributed by atoms with van der Waals surface area (Å²) in [5.74, 6) is 1.86. The molecule has 3 aromatic rings. The third kappa shape index (κ3) is 4.40. The Hall–Kier alpha value is -2.86. The fraction of sp³-hybridized carbons (Fsp3) is 0.211. The molecule has 0 spiro atoms. The standard InChI is InChI=1S/C19H20ClN5O/c1-12-8-16(17(26-3)10-15(12)20)24-19-23-13(2)9-18(25-19)22-11-14-4-6-21-7-5-14/h4-10H,11H2,1-3H3,(H2,22,23,24,25). The molecule has 0 aliphatic heterocycles. The number of nitrogens with zero attached hydrogens (tertiary/aromatic N) is 3. The Balaban J connectivity index is 1.81. The van der Waals surface area contributed by atoms with Crippen molar-refractivity contribution in [2.75, 3.05) is 17.7 Å². The first-order valence-electron chi connectivity index (χ1n) is 8.15. The molecule has 0 saturated heterocycles. The van der Waals surface area contributed by atoms with E-state index in [4.69, 9.17) is 16.3 Å². The maximum atomic E-state index is 6.16. The van der Waals surface area contributed by atoms with Crippen molar-refractivity contribution in [3.63, 3.8) is 0 Å². The maximum Gasteiger partial charge on any atom is 0.229 e. The van der Waals surface area contributed by atoms with Crippen molar-refractivity contribution in [2.45, 2.75) is 20.4 Å². The van der Waals surface area contributed by atoms with Gasteiger partial charge in [0, 0.05) is 41.8 Å². The number of nitrogens with one attached hydrogen (secondary N) is 2. The molecule has 0 atom stereocenters. The van der Waals surface area contributed by atoms with Gasteiger partial charge < -0.3 is 15.4 Å². The van der Waals surface area contributed by atoms with Crippen LogP contribution in [0.3, 0.4) is 0 Å². The Labute approximate surface area is 157 Å². The molecule has 134 valence electrons. The smallest absolute Gasteiger partial charge is 0.229 e. The van der Waals surface area contributed by atoms with Crippen LogP contribution in [0.1, 0.15) is 16.8 Å². The average molecular weight is 370 g/mol. The molecule has 1 aromatic carbocycles. The van der Waals surface area contributed by atoms with Crippen molar-refractivity contribution >= 4 is 29.1 Å². The molecule has 0 radical (unpaired) electrons. The van der Waals surface area contributed by atoms with Crippen molar-refractivity contribution in [3.05, 3.63) is 64.6 Å². The first-order valence-corrected chi connectivity index (χ1v) is 8.52. The minimum Gasteiger partial charge on any atom is -0.495 e. The average Bonchev–Trinajstić information content (AvgIpc) is 2.63. The molecular weight excluding hydrogens is 350 g/mol. The highest BCUT2D eigenvalue weighted by atomic mass is 35.5. The van der Waals surface area contributed by atoms with E-state index in [-0.39, 0.29) is 0 Å². The number of aromatic nitrogens is 3. The molecule has 0 saturated carbocycles. The summed E-state index contributed by atoms with van der Waals surface area (Å²) in [7, 11) is 1.60. The summed E-state index contributed by atoms with van der Waals surface area (Å²) in [6.45, 7) is 4.52. The Bertz CT molecular complexity index is 902. The first-order chi connectivity index (χ1) is 12.5. The molecular formula is C19H20ClN5O. The lowest BCUT2D eigenvalue weighted by molar-refractivity contribution is 0.416. The number of anilines is 3. The number of benzene rings is 1. The second-order valence-corrected chi connectivity index (χ2v) is 6.26. The summed E-state index contributed by atoms with van der Waals surface area (Å²) in [4.78, 5) is 13.0. The number of pyridine rings is 1. The van der Waals surface area contributed by atoms with E-state index in [9.17, 15) is 0 Å². The predicted octanol–water partition coefficient (Wildman–Crippen LogP) is 4.51. The second-order valence-electron chi connectivity index (χ2n) is 5.85. The van der Waals surface area contributed by atoms with Crippen LogP contribution in [0.25, 0.3) is 0 Å². The van der Waals surface area contributed by atoms with Gasteiger partial charge in [0.1, 0.15) is 11.6 Å². The van der Waals surface area contributed by atoms with E-state index in [0.29, 0.717) is 23.3 Å². The zero-order valence-corrected chi connectivity index (χ0v) is 15.6. The van der Waals surface area contributed by atoms with E-state index in [1.165, 1.54) is 0 Å². The maximum absolute atomic E-state index is 6.16. The van der Waals surface area contributed by atoms with Crippen molar-refractivity contribution < 1.29 is 4.74 Å². The van der Waals surface area contributed by atoms with E-state index in [0.717, 1.165) is 28.3 Å². The van der Waals surface area contributed by atoms with Crippen molar-refractivity contribution in [2.24, 2.45) is 0 Å². The van der Waals surface area contributed by atoms with Gasteiger partial charge in [-0.2, -0.15) is 4.98 Å². The van der Waals surface area contributed by atoms with Gasteiger partial charge in [0.15, 0.2) is 0 Å². The second kappa shape index (κ2) is 8.01. The highest BCUT2D eigenvalue weighted by molar-refractivity contribution is 6.31. The Kier molecular flexibility index (Phi) is 5.53. The number of aryl methyl sites for hydroxylation is 2. The van der Waals surface area contributed by atoms with Crippen LogP contribution in [-0.2, 0) is 6.54 Å². The highest BCUT2D eigenvalue weighted by Crippen LogP contribution is 2.32. The van der Waals surface area contributed by atoms with E-state index in [2.05, 4.69) is 25.6 Å². The van der Waals surface area contributed by atoms with Gasteiger partial charge in [-0.05, 0) is 43.2 Å². The van der Waals surface area contributed by atoms with Crippen molar-refractivity contribution in [1.82, 2.24) is 15.0 Å². The van der Waals surface area contributed by atoms with Gasteiger partial charge in [0.25, 0.3) is 0 Å². The number of methoxy groups -OCH3 is 1. The van der Waals surface area contributed by atoms with Crippen LogP contribution < -0.4 is 15.4 Å². The van der Waals surface area contributed by atoms with E-state index in [1.54, 1.807) is 25.6 Å². The Morgan fingerprint density at radius 1 is 1.08 bits per heavy atom. The van der Waals surface area contributed by atoms with Crippen LogP contribution >= 0.6 is 11.6 Å². The molecule has 0 unspecified atom stereocenters. The topological polar surface area (TPSA) is 72.0 Å². The normalized spacial score (nSPS) is 10.5. The lowest BCUT2D eigenvalue weighted by atomic mass is 10.2. The van der Waals surface area contributed by atoms with Gasteiger partial charge >= 0.3 is 0 Å². The van der Waals surface area contributed by atoms with Crippen LogP contribution in [0.4, 0.5) is 17.5 Å². The Morgan fingerprint density at radius 2 is 1.85 bits per heavy atom. The summed E-state index contributed by atoms with van der Waals surface area (Å²) in [6.07, 6.45) is 3.54. The minimum atomic E-state index is 0.488. The summed E-state index contributed by atoms with van der Waals surface area (Å²) < 4.78 is 5.40. The molecule has 3 rings (SSSR count). The van der Waals surface area contributed by atoms with E-state index in [1.807, 2.05) is 38.1 Å². The SMILES string of the molecule is COc1cc(Cl)c(C)cc1Nc1nc(C)cc(NCc2ccncc2)n1. The van der Waals surface area contributed by atoms with Crippen molar-refractivity contribution in [3.8, 4) is 5.75 Å². The zero-order chi connectivity index (χ0) is 18.5. The summed E-state index contributed by atoms with van der Waals surface area (Å²) in [6, 6.07) is 9.51. The van der Waals surface area contributed by atoms with Crippen LogP contribution in [0.5, 0.6) is 5.75 Å². The van der Waals surface area contributed by atoms with Crippen LogP contribution in [0.15, 0.2) is 42.7 Å². The summed E-state index contributed by atoms with van der Waals surface area (Å²) in [5.41, 5.74) is 3.68. The summed E-state index contributed by atoms with van der Waals surface area (Å²) in [5, 5.41) is 7.17. The quantitative estimate of drug-likeness (QED) is 0.666. The van der Waals surface area contributed by atoms with Gasteiger partial charge in [0.05, 0.1) is 12.8 Å². The molecule has 2 heterocycles. The van der Waals surface area contributed by atoms with Gasteiger partial charge in [0.2, 0.25) is 5.95 Å². The molecule has 26 heavy (non-hydrogen) atoms. The van der Waals surface area contributed by atoms with E-state index < -0.39 is 0 Å². The monoisotopic (exact) mass is 369 g/mol. The van der Waals surface area contributed by atoms with Crippen LogP contribution in [0, 0.1) is 13.8 Å². The lowest BCUT2D eigenvalue weighted by Crippen LogP contribution is -2.06. The first kappa shape index (κ1) is 17.9. The van der Waals surface area contributed by atoms with E-state index >= 15 is 0 Å². The minimum absolute atomic E-state index is 0.488. The largest absolute Gasteiger partial charge is 0.495 e.